The van der Waals surface area contributed by atoms with E-state index >= 15 is 0 Å². The summed E-state index contributed by atoms with van der Waals surface area (Å²) in [7, 11) is -0.408. The minimum Gasteiger partial charge on any atom is -0.399 e. The molecule has 2 heterocycles. The van der Waals surface area contributed by atoms with Crippen molar-refractivity contribution in [3.8, 4) is 0 Å². The Labute approximate surface area is 114 Å². The lowest BCUT2D eigenvalue weighted by molar-refractivity contribution is 0.00578. The highest BCUT2D eigenvalue weighted by molar-refractivity contribution is 6.64. The largest absolute Gasteiger partial charge is 0.498 e. The first kappa shape index (κ1) is 12.9. The first-order valence-corrected chi connectivity index (χ1v) is 6.92. The standard InChI is InChI=1S/C14H21BN2O2/c1-13(2)14(3,4)19-15(18-13)11-10(16)7-8-17-12(11)9-5-6-9/h7-9H,5-6H2,1-4H3,(H2,16,17). The molecule has 0 unspecified atom stereocenters. The highest BCUT2D eigenvalue weighted by atomic mass is 16.7. The summed E-state index contributed by atoms with van der Waals surface area (Å²) < 4.78 is 12.2. The van der Waals surface area contributed by atoms with Gasteiger partial charge in [-0.1, -0.05) is 0 Å². The Balaban J connectivity index is 2.00. The summed E-state index contributed by atoms with van der Waals surface area (Å²) in [4.78, 5) is 4.50. The topological polar surface area (TPSA) is 57.4 Å². The average molecular weight is 260 g/mol. The number of hydrogen-bond acceptors (Lipinski definition) is 4. The van der Waals surface area contributed by atoms with E-state index in [0.29, 0.717) is 5.92 Å². The van der Waals surface area contributed by atoms with Crippen LogP contribution in [0.5, 0.6) is 0 Å². The van der Waals surface area contributed by atoms with Crippen molar-refractivity contribution >= 4 is 18.3 Å². The summed E-state index contributed by atoms with van der Waals surface area (Å²) in [6.45, 7) is 8.21. The van der Waals surface area contributed by atoms with Crippen LogP contribution in [0.3, 0.4) is 0 Å². The van der Waals surface area contributed by atoms with Crippen molar-refractivity contribution in [3.63, 3.8) is 0 Å². The van der Waals surface area contributed by atoms with Crippen molar-refractivity contribution in [1.82, 2.24) is 4.98 Å². The Morgan fingerprint density at radius 3 is 2.32 bits per heavy atom. The monoisotopic (exact) mass is 260 g/mol. The lowest BCUT2D eigenvalue weighted by atomic mass is 9.75. The molecule has 0 radical (unpaired) electrons. The van der Waals surface area contributed by atoms with Gasteiger partial charge in [0.1, 0.15) is 0 Å². The molecule has 102 valence electrons. The van der Waals surface area contributed by atoms with Gasteiger partial charge in [0.15, 0.2) is 0 Å². The third-order valence-corrected chi connectivity index (χ3v) is 4.51. The van der Waals surface area contributed by atoms with Crippen LogP contribution in [0.1, 0.15) is 52.1 Å². The fourth-order valence-corrected chi connectivity index (χ4v) is 2.40. The van der Waals surface area contributed by atoms with Gasteiger partial charge in [-0.05, 0) is 46.6 Å². The van der Waals surface area contributed by atoms with Gasteiger partial charge in [0.25, 0.3) is 0 Å². The van der Waals surface area contributed by atoms with E-state index in [4.69, 9.17) is 15.0 Å². The number of anilines is 1. The number of rotatable bonds is 2. The first-order valence-electron chi connectivity index (χ1n) is 6.92. The van der Waals surface area contributed by atoms with Crippen LogP contribution in [-0.2, 0) is 9.31 Å². The fraction of sp³-hybridized carbons (Fsp3) is 0.643. The van der Waals surface area contributed by atoms with Crippen molar-refractivity contribution in [2.75, 3.05) is 5.73 Å². The zero-order valence-corrected chi connectivity index (χ0v) is 12.1. The second kappa shape index (κ2) is 3.96. The number of nitrogens with zero attached hydrogens (tertiary/aromatic N) is 1. The average Bonchev–Trinajstić information content (AvgIpc) is 3.07. The molecule has 2 N–H and O–H groups in total. The predicted octanol–water partition coefficient (Wildman–Crippen LogP) is 1.84. The highest BCUT2D eigenvalue weighted by Gasteiger charge is 2.53. The summed E-state index contributed by atoms with van der Waals surface area (Å²) in [6, 6.07) is 1.83. The maximum Gasteiger partial charge on any atom is 0.498 e. The van der Waals surface area contributed by atoms with E-state index in [9.17, 15) is 0 Å². The molecule has 1 aromatic rings. The molecule has 19 heavy (non-hydrogen) atoms. The molecule has 0 atom stereocenters. The number of hydrogen-bond donors (Lipinski definition) is 1. The van der Waals surface area contributed by atoms with Gasteiger partial charge in [-0.15, -0.1) is 0 Å². The van der Waals surface area contributed by atoms with Gasteiger partial charge in [-0.25, -0.2) is 0 Å². The zero-order chi connectivity index (χ0) is 13.8. The van der Waals surface area contributed by atoms with Gasteiger partial charge < -0.3 is 15.0 Å². The van der Waals surface area contributed by atoms with Crippen LogP contribution in [0, 0.1) is 0 Å². The van der Waals surface area contributed by atoms with Crippen molar-refractivity contribution in [2.45, 2.75) is 57.7 Å². The van der Waals surface area contributed by atoms with E-state index < -0.39 is 7.12 Å². The molecule has 1 saturated heterocycles. The molecule has 0 bridgehead atoms. The zero-order valence-electron chi connectivity index (χ0n) is 12.1. The highest BCUT2D eigenvalue weighted by Crippen LogP contribution is 2.41. The van der Waals surface area contributed by atoms with Gasteiger partial charge in [0, 0.05) is 29.0 Å². The van der Waals surface area contributed by atoms with Gasteiger partial charge in [-0.2, -0.15) is 0 Å². The van der Waals surface area contributed by atoms with E-state index in [0.717, 1.165) is 16.8 Å². The Kier molecular flexibility index (Phi) is 2.70. The van der Waals surface area contributed by atoms with E-state index in [1.54, 1.807) is 6.20 Å². The molecule has 1 aliphatic carbocycles. The maximum absolute atomic E-state index is 6.14. The summed E-state index contributed by atoms with van der Waals surface area (Å²) in [6.07, 6.45) is 4.14. The minimum atomic E-state index is -0.408. The van der Waals surface area contributed by atoms with Crippen LogP contribution in [0.2, 0.25) is 0 Å². The van der Waals surface area contributed by atoms with Gasteiger partial charge in [-0.3, -0.25) is 4.98 Å². The summed E-state index contributed by atoms with van der Waals surface area (Å²) >= 11 is 0. The van der Waals surface area contributed by atoms with Crippen LogP contribution in [0.4, 0.5) is 5.69 Å². The summed E-state index contributed by atoms with van der Waals surface area (Å²) in [5.41, 5.74) is 8.16. The van der Waals surface area contributed by atoms with Crippen molar-refractivity contribution in [1.29, 1.82) is 0 Å². The molecule has 0 spiro atoms. The van der Waals surface area contributed by atoms with Crippen LogP contribution in [-0.4, -0.2) is 23.3 Å². The maximum atomic E-state index is 6.14. The van der Waals surface area contributed by atoms with Crippen molar-refractivity contribution in [2.24, 2.45) is 0 Å². The second-order valence-electron chi connectivity index (χ2n) is 6.56. The third kappa shape index (κ3) is 2.05. The Bertz CT molecular complexity index is 496. The smallest absolute Gasteiger partial charge is 0.399 e. The van der Waals surface area contributed by atoms with Gasteiger partial charge in [0.2, 0.25) is 0 Å². The number of nitrogens with two attached hydrogens (primary N) is 1. The van der Waals surface area contributed by atoms with Crippen molar-refractivity contribution < 1.29 is 9.31 Å². The summed E-state index contributed by atoms with van der Waals surface area (Å²) in [5.74, 6) is 0.525. The van der Waals surface area contributed by atoms with Gasteiger partial charge >= 0.3 is 7.12 Å². The quantitative estimate of drug-likeness (QED) is 0.824. The third-order valence-electron chi connectivity index (χ3n) is 4.51. The molecule has 2 aliphatic rings. The molecule has 0 amide bonds. The molecule has 1 aromatic heterocycles. The predicted molar refractivity (Wildman–Crippen MR) is 76.3 cm³/mol. The summed E-state index contributed by atoms with van der Waals surface area (Å²) in [5, 5.41) is 0. The molecule has 2 fully saturated rings. The molecule has 1 aliphatic heterocycles. The molecule has 1 saturated carbocycles. The van der Waals surface area contributed by atoms with Crippen LogP contribution < -0.4 is 11.2 Å². The molecular weight excluding hydrogens is 239 g/mol. The normalized spacial score (nSPS) is 24.7. The molecular formula is C14H21BN2O2. The SMILES string of the molecule is CC1(C)OB(c2c(N)ccnc2C2CC2)OC1(C)C. The van der Waals surface area contributed by atoms with Crippen molar-refractivity contribution in [3.05, 3.63) is 18.0 Å². The Hall–Kier alpha value is -1.07. The van der Waals surface area contributed by atoms with Gasteiger partial charge in [0.05, 0.1) is 11.2 Å². The number of nitrogen functional groups attached to an aromatic ring is 1. The Morgan fingerprint density at radius 1 is 1.21 bits per heavy atom. The van der Waals surface area contributed by atoms with Crippen LogP contribution in [0.15, 0.2) is 12.3 Å². The second-order valence-corrected chi connectivity index (χ2v) is 6.56. The number of pyridine rings is 1. The Morgan fingerprint density at radius 2 is 1.79 bits per heavy atom. The van der Waals surface area contributed by atoms with E-state index in [1.165, 1.54) is 12.8 Å². The minimum absolute atomic E-state index is 0.346. The molecule has 5 heteroatoms. The van der Waals surface area contributed by atoms with Crippen LogP contribution >= 0.6 is 0 Å². The first-order chi connectivity index (χ1) is 8.82. The molecule has 3 rings (SSSR count). The van der Waals surface area contributed by atoms with E-state index in [1.807, 2.05) is 6.07 Å². The molecule has 4 nitrogen and oxygen atoms in total. The fourth-order valence-electron chi connectivity index (χ4n) is 2.40. The lowest BCUT2D eigenvalue weighted by Crippen LogP contribution is -2.41. The van der Waals surface area contributed by atoms with E-state index in [-0.39, 0.29) is 11.2 Å². The van der Waals surface area contributed by atoms with E-state index in [2.05, 4.69) is 32.7 Å². The molecule has 0 aromatic carbocycles. The van der Waals surface area contributed by atoms with Crippen LogP contribution in [0.25, 0.3) is 0 Å². The lowest BCUT2D eigenvalue weighted by Gasteiger charge is -2.32. The number of aromatic nitrogens is 1.